The van der Waals surface area contributed by atoms with Gasteiger partial charge >= 0.3 is 12.8 Å². The van der Waals surface area contributed by atoms with Crippen LogP contribution < -0.4 is 10.1 Å². The Bertz CT molecular complexity index is 1420. The van der Waals surface area contributed by atoms with Crippen LogP contribution in [-0.2, 0) is 22.8 Å². The number of nitrogens with one attached hydrogen (secondary N) is 1. The minimum Gasteiger partial charge on any atom is -0.416 e. The van der Waals surface area contributed by atoms with Crippen LogP contribution in [0, 0.1) is 5.41 Å². The fourth-order valence-electron chi connectivity index (χ4n) is 4.63. The zero-order valence-corrected chi connectivity index (χ0v) is 24.7. The van der Waals surface area contributed by atoms with E-state index in [1.165, 1.54) is 16.8 Å². The molecule has 2 aromatic rings. The van der Waals surface area contributed by atoms with Crippen molar-refractivity contribution in [2.45, 2.75) is 82.7 Å². The van der Waals surface area contributed by atoms with E-state index in [2.05, 4.69) is 20.1 Å². The molecule has 1 amide bonds. The van der Waals surface area contributed by atoms with Gasteiger partial charge in [-0.2, -0.15) is 27.1 Å². The molecular formula is C25H32ClF5N4O6S. The van der Waals surface area contributed by atoms with Crippen molar-refractivity contribution in [2.75, 3.05) is 12.8 Å². The quantitative estimate of drug-likeness (QED) is 0.331. The number of aromatic nitrogens is 3. The summed E-state index contributed by atoms with van der Waals surface area (Å²) in [7, 11) is -3.45. The van der Waals surface area contributed by atoms with Crippen LogP contribution in [0.3, 0.4) is 0 Å². The van der Waals surface area contributed by atoms with Crippen LogP contribution in [0.5, 0.6) is 5.88 Å². The molecule has 0 spiro atoms. The van der Waals surface area contributed by atoms with E-state index in [9.17, 15) is 45.4 Å². The summed E-state index contributed by atoms with van der Waals surface area (Å²) in [5, 5.41) is 26.7. The van der Waals surface area contributed by atoms with Crippen molar-refractivity contribution in [3.63, 3.8) is 0 Å². The van der Waals surface area contributed by atoms with Crippen molar-refractivity contribution in [3.05, 3.63) is 28.5 Å². The lowest BCUT2D eigenvalue weighted by atomic mass is 9.82. The second kappa shape index (κ2) is 12.2. The lowest BCUT2D eigenvalue weighted by molar-refractivity contribution is -0.211. The average molecular weight is 647 g/mol. The van der Waals surface area contributed by atoms with Gasteiger partial charge in [0.2, 0.25) is 5.88 Å². The van der Waals surface area contributed by atoms with E-state index in [4.69, 9.17) is 11.6 Å². The molecule has 3 rings (SSSR count). The van der Waals surface area contributed by atoms with Crippen LogP contribution in [0.4, 0.5) is 22.0 Å². The first-order valence-corrected chi connectivity index (χ1v) is 15.2. The summed E-state index contributed by atoms with van der Waals surface area (Å²) in [5.41, 5.74) is -4.83. The molecule has 0 radical (unpaired) electrons. The minimum absolute atomic E-state index is 0.0632. The number of alkyl halides is 5. The van der Waals surface area contributed by atoms with Gasteiger partial charge in [0.15, 0.2) is 5.69 Å². The van der Waals surface area contributed by atoms with Crippen molar-refractivity contribution in [2.24, 2.45) is 5.41 Å². The first kappa shape index (κ1) is 33.9. The van der Waals surface area contributed by atoms with Gasteiger partial charge in [-0.15, -0.1) is 0 Å². The zero-order valence-electron chi connectivity index (χ0n) is 23.2. The molecule has 1 unspecified atom stereocenters. The number of sulfone groups is 1. The van der Waals surface area contributed by atoms with Crippen LogP contribution in [0.1, 0.15) is 56.2 Å². The molecule has 0 aliphatic heterocycles. The largest absolute Gasteiger partial charge is 0.416 e. The predicted molar refractivity (Wildman–Crippen MR) is 142 cm³/mol. The molecule has 2 heterocycles. The molecule has 17 heteroatoms. The molecule has 0 aromatic carbocycles. The summed E-state index contributed by atoms with van der Waals surface area (Å²) in [4.78, 5) is 16.9. The summed E-state index contributed by atoms with van der Waals surface area (Å²) >= 11 is 6.46. The smallest absolute Gasteiger partial charge is 0.394 e. The van der Waals surface area contributed by atoms with Crippen LogP contribution in [0.25, 0.3) is 11.3 Å². The highest BCUT2D eigenvalue weighted by Gasteiger charge is 2.47. The number of ether oxygens (including phenoxy) is 1. The Kier molecular flexibility index (Phi) is 9.86. The zero-order chi connectivity index (χ0) is 31.8. The molecule has 1 fully saturated rings. The lowest BCUT2D eigenvalue weighted by Gasteiger charge is -2.39. The van der Waals surface area contributed by atoms with Gasteiger partial charge in [-0.1, -0.05) is 25.4 Å². The number of pyridine rings is 1. The average Bonchev–Trinajstić information content (AvgIpc) is 3.18. The van der Waals surface area contributed by atoms with Gasteiger partial charge in [0, 0.05) is 31.5 Å². The standard InChI is InChI=1S/C25H32ClF5N4O6S/c1-5-35-19(15-7-6-13(33-21(15)41-22(27)28)11-23(2,3)25(29,30)31)17(26)18(34-35)20(37)32-12-24(38)9-8-14(10-16(24)36)42(4,39)40/h6-7,14,16,22,36,38H,5,8-12H2,1-4H3,(H,32,37)/t14?,16-,24-/m0/s1. The number of amides is 1. The molecular weight excluding hydrogens is 615 g/mol. The van der Waals surface area contributed by atoms with E-state index in [-0.39, 0.29) is 53.5 Å². The maximum absolute atomic E-state index is 13.4. The van der Waals surface area contributed by atoms with E-state index in [1.807, 2.05) is 0 Å². The number of aliphatic hydroxyl groups is 2. The summed E-state index contributed by atoms with van der Waals surface area (Å²) in [6, 6.07) is 2.40. The molecule has 236 valence electrons. The van der Waals surface area contributed by atoms with Gasteiger partial charge in [-0.25, -0.2) is 13.4 Å². The number of carbonyl (C=O) groups excluding carboxylic acids is 1. The second-order valence-electron chi connectivity index (χ2n) is 10.9. The monoisotopic (exact) mass is 646 g/mol. The molecule has 42 heavy (non-hydrogen) atoms. The molecule has 3 N–H and O–H groups in total. The fraction of sp³-hybridized carbons (Fsp3) is 0.640. The van der Waals surface area contributed by atoms with E-state index < -0.39 is 69.7 Å². The van der Waals surface area contributed by atoms with Gasteiger partial charge in [-0.05, 0) is 38.3 Å². The van der Waals surface area contributed by atoms with Crippen LogP contribution in [0.2, 0.25) is 5.02 Å². The fourth-order valence-corrected chi connectivity index (χ4v) is 6.03. The van der Waals surface area contributed by atoms with E-state index in [1.54, 1.807) is 6.92 Å². The van der Waals surface area contributed by atoms with Crippen LogP contribution in [0.15, 0.2) is 12.1 Å². The second-order valence-corrected chi connectivity index (χ2v) is 13.7. The van der Waals surface area contributed by atoms with E-state index in [0.717, 1.165) is 20.1 Å². The van der Waals surface area contributed by atoms with Crippen LogP contribution in [-0.4, -0.2) is 81.8 Å². The third kappa shape index (κ3) is 7.32. The van der Waals surface area contributed by atoms with Gasteiger partial charge in [0.1, 0.15) is 15.4 Å². The van der Waals surface area contributed by atoms with Gasteiger partial charge < -0.3 is 20.3 Å². The molecule has 1 saturated carbocycles. The maximum Gasteiger partial charge on any atom is 0.394 e. The number of carbonyl (C=O) groups is 1. The predicted octanol–water partition coefficient (Wildman–Crippen LogP) is 3.77. The number of aryl methyl sites for hydroxylation is 1. The normalized spacial score (nSPS) is 21.9. The Morgan fingerprint density at radius 3 is 2.48 bits per heavy atom. The number of rotatable bonds is 10. The molecule has 1 aliphatic carbocycles. The highest BCUT2D eigenvalue weighted by Crippen LogP contribution is 2.42. The Morgan fingerprint density at radius 1 is 1.31 bits per heavy atom. The number of nitrogens with zero attached hydrogens (tertiary/aromatic N) is 3. The van der Waals surface area contributed by atoms with Gasteiger partial charge in [-0.3, -0.25) is 9.48 Å². The third-order valence-electron chi connectivity index (χ3n) is 7.34. The molecule has 0 bridgehead atoms. The van der Waals surface area contributed by atoms with Gasteiger partial charge in [0.05, 0.1) is 33.0 Å². The summed E-state index contributed by atoms with van der Waals surface area (Å²) in [6.45, 7) is -0.288. The third-order valence-corrected chi connectivity index (χ3v) is 9.34. The number of halogens is 6. The molecule has 2 aromatic heterocycles. The van der Waals surface area contributed by atoms with Crippen molar-refractivity contribution in [1.29, 1.82) is 0 Å². The molecule has 3 atom stereocenters. The summed E-state index contributed by atoms with van der Waals surface area (Å²) < 4.78 is 96.1. The Labute approximate surface area is 244 Å². The maximum atomic E-state index is 13.4. The highest BCUT2D eigenvalue weighted by molar-refractivity contribution is 7.91. The molecule has 1 aliphatic rings. The Morgan fingerprint density at radius 2 is 1.95 bits per heavy atom. The Hall–Kier alpha value is -2.56. The minimum atomic E-state index is -4.60. The van der Waals surface area contributed by atoms with Crippen molar-refractivity contribution in [3.8, 4) is 17.1 Å². The molecule has 0 saturated heterocycles. The summed E-state index contributed by atoms with van der Waals surface area (Å²) in [6.07, 6.45) is -5.93. The number of hydrogen-bond donors (Lipinski definition) is 3. The van der Waals surface area contributed by atoms with E-state index in [0.29, 0.717) is 0 Å². The Balaban J connectivity index is 1.91. The first-order chi connectivity index (χ1) is 19.2. The molecule has 10 nitrogen and oxygen atoms in total. The van der Waals surface area contributed by atoms with Gasteiger partial charge in [0.25, 0.3) is 5.91 Å². The first-order valence-electron chi connectivity index (χ1n) is 12.9. The number of aliphatic hydroxyl groups excluding tert-OH is 1. The van der Waals surface area contributed by atoms with Crippen molar-refractivity contribution in [1.82, 2.24) is 20.1 Å². The van der Waals surface area contributed by atoms with E-state index >= 15 is 0 Å². The SMILES string of the molecule is CCn1nc(C(=O)NC[C@@]2(O)CCC(S(C)(=O)=O)C[C@@H]2O)c(Cl)c1-c1ccc(CC(C)(C)C(F)(F)F)nc1OC(F)F. The highest BCUT2D eigenvalue weighted by atomic mass is 35.5. The number of hydrogen-bond acceptors (Lipinski definition) is 8. The van der Waals surface area contributed by atoms with Crippen molar-refractivity contribution < 1.29 is 50.1 Å². The van der Waals surface area contributed by atoms with Crippen LogP contribution >= 0.6 is 11.6 Å². The van der Waals surface area contributed by atoms with Crippen molar-refractivity contribution >= 4 is 27.3 Å². The summed E-state index contributed by atoms with van der Waals surface area (Å²) in [5.74, 6) is -1.61. The topological polar surface area (TPSA) is 144 Å². The lowest BCUT2D eigenvalue weighted by Crippen LogP contribution is -2.56.